The van der Waals surface area contributed by atoms with Crippen LogP contribution in [0.25, 0.3) is 0 Å². The molecule has 4 nitrogen and oxygen atoms in total. The Morgan fingerprint density at radius 2 is 1.84 bits per heavy atom. The molecule has 3 N–H and O–H groups in total. The average molecular weight is 344 g/mol. The topological polar surface area (TPSA) is 61.4 Å². The van der Waals surface area contributed by atoms with Crippen LogP contribution in [0.5, 0.6) is 0 Å². The van der Waals surface area contributed by atoms with Crippen molar-refractivity contribution in [2.45, 2.75) is 19.4 Å². The van der Waals surface area contributed by atoms with Crippen molar-refractivity contribution >= 4 is 11.7 Å². The largest absolute Gasteiger partial charge is 0.394 e. The summed E-state index contributed by atoms with van der Waals surface area (Å²) in [7, 11) is 0. The Hall–Kier alpha value is -2.91. The van der Waals surface area contributed by atoms with Gasteiger partial charge in [0.1, 0.15) is 5.69 Å². The standard InChI is InChI=1S/C19H18F2N2O2/c1-3-12-5-7-14(8-6-12)17(11-24)22-19(25)23-18-15(20)9-13(4-2)10-16(18)21/h2,5-10,17,24H,3,11H2,1H3,(H2,22,23,25). The molecule has 0 saturated carbocycles. The molecule has 0 bridgehead atoms. The molecule has 0 fully saturated rings. The van der Waals surface area contributed by atoms with Gasteiger partial charge in [0.2, 0.25) is 0 Å². The van der Waals surface area contributed by atoms with Gasteiger partial charge in [0.05, 0.1) is 12.6 Å². The van der Waals surface area contributed by atoms with Gasteiger partial charge in [0, 0.05) is 5.56 Å². The predicted molar refractivity (Wildman–Crippen MR) is 92.1 cm³/mol. The molecule has 1 unspecified atom stereocenters. The summed E-state index contributed by atoms with van der Waals surface area (Å²) < 4.78 is 27.7. The molecule has 0 spiro atoms. The summed E-state index contributed by atoms with van der Waals surface area (Å²) in [4.78, 5) is 12.0. The van der Waals surface area contributed by atoms with E-state index in [1.54, 1.807) is 12.1 Å². The zero-order valence-corrected chi connectivity index (χ0v) is 13.6. The van der Waals surface area contributed by atoms with Crippen LogP contribution in [0.15, 0.2) is 36.4 Å². The number of carbonyl (C=O) groups excluding carboxylic acids is 1. The molecule has 2 amide bonds. The van der Waals surface area contributed by atoms with E-state index in [-0.39, 0.29) is 12.2 Å². The van der Waals surface area contributed by atoms with E-state index in [2.05, 4.69) is 16.6 Å². The highest BCUT2D eigenvalue weighted by Gasteiger charge is 2.17. The smallest absolute Gasteiger partial charge is 0.319 e. The monoisotopic (exact) mass is 344 g/mol. The normalized spacial score (nSPS) is 11.5. The molecule has 0 aliphatic rings. The van der Waals surface area contributed by atoms with Crippen LogP contribution in [0.2, 0.25) is 0 Å². The van der Waals surface area contributed by atoms with Crippen LogP contribution in [-0.2, 0) is 6.42 Å². The summed E-state index contributed by atoms with van der Waals surface area (Å²) >= 11 is 0. The average Bonchev–Trinajstić information content (AvgIpc) is 2.62. The number of terminal acetylenes is 1. The van der Waals surface area contributed by atoms with E-state index < -0.39 is 29.4 Å². The summed E-state index contributed by atoms with van der Waals surface area (Å²) in [5.74, 6) is 0.168. The quantitative estimate of drug-likeness (QED) is 0.729. The number of halogens is 2. The number of anilines is 1. The van der Waals surface area contributed by atoms with Gasteiger partial charge < -0.3 is 15.7 Å². The molecule has 0 saturated heterocycles. The lowest BCUT2D eigenvalue weighted by Gasteiger charge is -2.18. The van der Waals surface area contributed by atoms with E-state index in [1.165, 1.54) is 0 Å². The second-order valence-electron chi connectivity index (χ2n) is 5.39. The van der Waals surface area contributed by atoms with Gasteiger partial charge in [-0.3, -0.25) is 0 Å². The summed E-state index contributed by atoms with van der Waals surface area (Å²) in [6, 6.07) is 7.68. The molecule has 2 rings (SSSR count). The maximum atomic E-state index is 13.9. The molecule has 2 aromatic rings. The van der Waals surface area contributed by atoms with Crippen molar-refractivity contribution in [2.24, 2.45) is 0 Å². The highest BCUT2D eigenvalue weighted by molar-refractivity contribution is 5.90. The summed E-state index contributed by atoms with van der Waals surface area (Å²) in [5, 5.41) is 14.1. The second-order valence-corrected chi connectivity index (χ2v) is 5.39. The molecule has 2 aromatic carbocycles. The molecule has 0 aliphatic heterocycles. The highest BCUT2D eigenvalue weighted by atomic mass is 19.1. The van der Waals surface area contributed by atoms with Gasteiger partial charge in [0.15, 0.2) is 11.6 Å². The number of hydrogen-bond acceptors (Lipinski definition) is 2. The minimum absolute atomic E-state index is 0.0326. The Bertz CT molecular complexity index is 775. The number of carbonyl (C=O) groups is 1. The number of urea groups is 1. The molecule has 6 heteroatoms. The van der Waals surface area contributed by atoms with E-state index in [4.69, 9.17) is 6.42 Å². The van der Waals surface area contributed by atoms with E-state index in [0.717, 1.165) is 24.1 Å². The van der Waals surface area contributed by atoms with Gasteiger partial charge in [0.25, 0.3) is 0 Å². The maximum absolute atomic E-state index is 13.9. The summed E-state index contributed by atoms with van der Waals surface area (Å²) in [5.41, 5.74) is 1.22. The number of hydrogen-bond donors (Lipinski definition) is 3. The molecule has 0 aliphatic carbocycles. The lowest BCUT2D eigenvalue weighted by atomic mass is 10.0. The van der Waals surface area contributed by atoms with E-state index in [0.29, 0.717) is 5.56 Å². The Kier molecular flexibility index (Phi) is 6.09. The van der Waals surface area contributed by atoms with Crippen LogP contribution in [0.1, 0.15) is 29.7 Å². The van der Waals surface area contributed by atoms with Gasteiger partial charge in [-0.15, -0.1) is 6.42 Å². The minimum Gasteiger partial charge on any atom is -0.394 e. The predicted octanol–water partition coefficient (Wildman–Crippen LogP) is 3.36. The number of nitrogens with one attached hydrogen (secondary N) is 2. The molecule has 0 radical (unpaired) electrons. The number of rotatable bonds is 5. The fraction of sp³-hybridized carbons (Fsp3) is 0.211. The van der Waals surface area contributed by atoms with Crippen molar-refractivity contribution in [2.75, 3.05) is 11.9 Å². The molecule has 0 heterocycles. The fourth-order valence-electron chi connectivity index (χ4n) is 2.30. The summed E-state index contributed by atoms with van der Waals surface area (Å²) in [6.07, 6.45) is 5.96. The number of aryl methyl sites for hydroxylation is 1. The first kappa shape index (κ1) is 18.4. The fourth-order valence-corrected chi connectivity index (χ4v) is 2.30. The SMILES string of the molecule is C#Cc1cc(F)c(NC(=O)NC(CO)c2ccc(CC)cc2)c(F)c1. The van der Waals surface area contributed by atoms with Gasteiger partial charge in [-0.05, 0) is 29.7 Å². The van der Waals surface area contributed by atoms with Gasteiger partial charge >= 0.3 is 6.03 Å². The lowest BCUT2D eigenvalue weighted by molar-refractivity contribution is 0.225. The van der Waals surface area contributed by atoms with E-state index in [1.807, 2.05) is 19.1 Å². The Morgan fingerprint density at radius 3 is 2.32 bits per heavy atom. The third-order valence-electron chi connectivity index (χ3n) is 3.73. The van der Waals surface area contributed by atoms with Crippen molar-refractivity contribution in [1.82, 2.24) is 5.32 Å². The zero-order valence-electron chi connectivity index (χ0n) is 13.6. The van der Waals surface area contributed by atoms with Crippen LogP contribution in [0.3, 0.4) is 0 Å². The van der Waals surface area contributed by atoms with Gasteiger partial charge in [-0.25, -0.2) is 13.6 Å². The van der Waals surface area contributed by atoms with Crippen LogP contribution in [-0.4, -0.2) is 17.7 Å². The minimum atomic E-state index is -0.976. The Morgan fingerprint density at radius 1 is 1.24 bits per heavy atom. The van der Waals surface area contributed by atoms with Crippen LogP contribution < -0.4 is 10.6 Å². The third-order valence-corrected chi connectivity index (χ3v) is 3.73. The first-order chi connectivity index (χ1) is 12.0. The van der Waals surface area contributed by atoms with Crippen molar-refractivity contribution in [1.29, 1.82) is 0 Å². The molecule has 130 valence electrons. The lowest BCUT2D eigenvalue weighted by Crippen LogP contribution is -2.34. The zero-order chi connectivity index (χ0) is 18.4. The third kappa shape index (κ3) is 4.55. The summed E-state index contributed by atoms with van der Waals surface area (Å²) in [6.45, 7) is 1.65. The van der Waals surface area contributed by atoms with Crippen molar-refractivity contribution < 1.29 is 18.7 Å². The Labute approximate surface area is 144 Å². The maximum Gasteiger partial charge on any atom is 0.319 e. The first-order valence-corrected chi connectivity index (χ1v) is 7.71. The van der Waals surface area contributed by atoms with Crippen LogP contribution in [0, 0.1) is 24.0 Å². The van der Waals surface area contributed by atoms with E-state index >= 15 is 0 Å². The first-order valence-electron chi connectivity index (χ1n) is 7.71. The molecule has 1 atom stereocenters. The number of aliphatic hydroxyl groups is 1. The molecular formula is C19H18F2N2O2. The van der Waals surface area contributed by atoms with Crippen molar-refractivity contribution in [3.05, 3.63) is 64.7 Å². The molecule has 25 heavy (non-hydrogen) atoms. The second kappa shape index (κ2) is 8.27. The van der Waals surface area contributed by atoms with E-state index in [9.17, 15) is 18.7 Å². The number of amides is 2. The molecule has 0 aromatic heterocycles. The molecular weight excluding hydrogens is 326 g/mol. The van der Waals surface area contributed by atoms with Gasteiger partial charge in [-0.1, -0.05) is 37.1 Å². The van der Waals surface area contributed by atoms with Crippen molar-refractivity contribution in [3.8, 4) is 12.3 Å². The van der Waals surface area contributed by atoms with Crippen LogP contribution >= 0.6 is 0 Å². The Balaban J connectivity index is 2.11. The number of benzene rings is 2. The van der Waals surface area contributed by atoms with Gasteiger partial charge in [-0.2, -0.15) is 0 Å². The van der Waals surface area contributed by atoms with Crippen LogP contribution in [0.4, 0.5) is 19.3 Å². The highest BCUT2D eigenvalue weighted by Crippen LogP contribution is 2.21. The number of aliphatic hydroxyl groups excluding tert-OH is 1. The van der Waals surface area contributed by atoms with Crippen molar-refractivity contribution in [3.63, 3.8) is 0 Å².